The summed E-state index contributed by atoms with van der Waals surface area (Å²) in [4.78, 5) is 19.8. The number of fused-ring (bicyclic) bond motifs is 1. The first-order chi connectivity index (χ1) is 14.3. The van der Waals surface area contributed by atoms with Gasteiger partial charge in [0.2, 0.25) is 5.91 Å². The Hall–Kier alpha value is -1.85. The molecular weight excluding hydrogens is 374 g/mol. The number of likely N-dealkylation sites (tertiary alicyclic amines) is 2. The summed E-state index contributed by atoms with van der Waals surface area (Å²) in [5.74, 6) is 0.834. The molecule has 0 bridgehead atoms. The fraction of sp³-hybridized carbons (Fsp3) is 0.640. The topological polar surface area (TPSA) is 59.6 Å². The maximum absolute atomic E-state index is 11.7. The van der Waals surface area contributed by atoms with Crippen LogP contribution in [0.15, 0.2) is 24.4 Å². The van der Waals surface area contributed by atoms with E-state index in [0.717, 1.165) is 45.3 Å². The lowest BCUT2D eigenvalue weighted by Gasteiger charge is -2.27. The van der Waals surface area contributed by atoms with Gasteiger partial charge < -0.3 is 15.0 Å². The van der Waals surface area contributed by atoms with E-state index in [1.54, 1.807) is 6.92 Å². The molecule has 0 radical (unpaired) electrons. The molecule has 1 unspecified atom stereocenters. The minimum Gasteiger partial charge on any atom is -0.390 e. The fourth-order valence-corrected chi connectivity index (χ4v) is 5.22. The highest BCUT2D eigenvalue weighted by Gasteiger charge is 2.31. The number of rotatable bonds is 7. The van der Waals surface area contributed by atoms with Crippen LogP contribution in [0.3, 0.4) is 0 Å². The monoisotopic (exact) mass is 411 g/mol. The summed E-state index contributed by atoms with van der Waals surface area (Å²) in [6.07, 6.45) is 8.61. The molecular formula is C25H37N3O2. The minimum atomic E-state index is -0.626. The van der Waals surface area contributed by atoms with Crippen LogP contribution in [0.2, 0.25) is 0 Å². The second-order valence-electron chi connectivity index (χ2n) is 10.1. The van der Waals surface area contributed by atoms with Crippen molar-refractivity contribution >= 4 is 16.8 Å². The first kappa shape index (κ1) is 21.4. The molecule has 3 heterocycles. The molecule has 30 heavy (non-hydrogen) atoms. The lowest BCUT2D eigenvalue weighted by atomic mass is 9.96. The molecule has 1 aromatic carbocycles. The number of aryl methyl sites for hydroxylation is 1. The number of hydrogen-bond acceptors (Lipinski definition) is 3. The number of benzene rings is 1. The minimum absolute atomic E-state index is 0.217. The van der Waals surface area contributed by atoms with Crippen molar-refractivity contribution in [2.75, 3.05) is 26.2 Å². The van der Waals surface area contributed by atoms with Crippen LogP contribution >= 0.6 is 0 Å². The zero-order valence-electron chi connectivity index (χ0n) is 18.8. The van der Waals surface area contributed by atoms with Crippen LogP contribution in [0.4, 0.5) is 0 Å². The highest BCUT2D eigenvalue weighted by molar-refractivity contribution is 5.84. The van der Waals surface area contributed by atoms with Crippen molar-refractivity contribution in [2.45, 2.75) is 70.9 Å². The summed E-state index contributed by atoms with van der Waals surface area (Å²) in [6, 6.07) is 7.26. The third-order valence-corrected chi connectivity index (χ3v) is 7.04. The summed E-state index contributed by atoms with van der Waals surface area (Å²) in [6.45, 7) is 9.59. The molecule has 164 valence electrons. The van der Waals surface area contributed by atoms with Crippen LogP contribution in [0.5, 0.6) is 0 Å². The van der Waals surface area contributed by atoms with Crippen molar-refractivity contribution < 1.29 is 9.90 Å². The zero-order valence-corrected chi connectivity index (χ0v) is 18.8. The summed E-state index contributed by atoms with van der Waals surface area (Å²) < 4.78 is 0. The van der Waals surface area contributed by atoms with Crippen LogP contribution < -0.4 is 0 Å². The van der Waals surface area contributed by atoms with Gasteiger partial charge in [-0.1, -0.05) is 6.07 Å². The summed E-state index contributed by atoms with van der Waals surface area (Å²) in [7, 11) is 0. The van der Waals surface area contributed by atoms with Gasteiger partial charge in [0.25, 0.3) is 0 Å². The maximum Gasteiger partial charge on any atom is 0.219 e. The predicted octanol–water partition coefficient (Wildman–Crippen LogP) is 3.75. The first-order valence-corrected chi connectivity index (χ1v) is 11.6. The second-order valence-corrected chi connectivity index (χ2v) is 10.1. The Labute approximate surface area is 180 Å². The van der Waals surface area contributed by atoms with Crippen LogP contribution in [0.25, 0.3) is 10.9 Å². The summed E-state index contributed by atoms with van der Waals surface area (Å²) >= 11 is 0. The molecule has 2 aliphatic rings. The molecule has 2 fully saturated rings. The molecule has 2 atom stereocenters. The number of aromatic amines is 1. The number of nitrogens with zero attached hydrogens (tertiary/aromatic N) is 2. The van der Waals surface area contributed by atoms with Crippen molar-refractivity contribution in [3.8, 4) is 0 Å². The number of aromatic nitrogens is 1. The Morgan fingerprint density at radius 2 is 2.10 bits per heavy atom. The normalized spacial score (nSPS) is 23.0. The SMILES string of the molecule is CC(=O)N1CCC(CN2CCC[C@@H]2Cc2c[nH]c3ccc(CCC(C)(C)O)cc23)C1. The van der Waals surface area contributed by atoms with Gasteiger partial charge in [-0.15, -0.1) is 0 Å². The molecule has 2 saturated heterocycles. The molecule has 2 aliphatic heterocycles. The van der Waals surface area contributed by atoms with Gasteiger partial charge >= 0.3 is 0 Å². The lowest BCUT2D eigenvalue weighted by Crippen LogP contribution is -2.36. The Balaban J connectivity index is 1.42. The van der Waals surface area contributed by atoms with E-state index in [-0.39, 0.29) is 5.91 Å². The van der Waals surface area contributed by atoms with E-state index in [9.17, 15) is 9.90 Å². The number of H-pyrrole nitrogens is 1. The van der Waals surface area contributed by atoms with Gasteiger partial charge in [0, 0.05) is 49.7 Å². The lowest BCUT2D eigenvalue weighted by molar-refractivity contribution is -0.127. The number of aliphatic hydroxyl groups is 1. The Morgan fingerprint density at radius 3 is 2.83 bits per heavy atom. The van der Waals surface area contributed by atoms with Crippen LogP contribution in [0, 0.1) is 5.92 Å². The van der Waals surface area contributed by atoms with Gasteiger partial charge in [-0.25, -0.2) is 0 Å². The molecule has 5 nitrogen and oxygen atoms in total. The van der Waals surface area contributed by atoms with Gasteiger partial charge in [-0.05, 0) is 88.1 Å². The number of carbonyl (C=O) groups excluding carboxylic acids is 1. The number of hydrogen-bond donors (Lipinski definition) is 2. The van der Waals surface area contributed by atoms with E-state index in [1.807, 2.05) is 18.7 Å². The summed E-state index contributed by atoms with van der Waals surface area (Å²) in [5.41, 5.74) is 3.28. The molecule has 5 heteroatoms. The van der Waals surface area contributed by atoms with Crippen molar-refractivity contribution in [3.05, 3.63) is 35.5 Å². The molecule has 0 aliphatic carbocycles. The number of amides is 1. The van der Waals surface area contributed by atoms with E-state index in [0.29, 0.717) is 12.0 Å². The average molecular weight is 412 g/mol. The maximum atomic E-state index is 11.7. The Kier molecular flexibility index (Phi) is 6.21. The van der Waals surface area contributed by atoms with Crippen molar-refractivity contribution in [2.24, 2.45) is 5.92 Å². The number of carbonyl (C=O) groups is 1. The van der Waals surface area contributed by atoms with E-state index < -0.39 is 5.60 Å². The Morgan fingerprint density at radius 1 is 1.27 bits per heavy atom. The van der Waals surface area contributed by atoms with E-state index in [2.05, 4.69) is 34.3 Å². The molecule has 1 amide bonds. The van der Waals surface area contributed by atoms with Gasteiger partial charge in [0.15, 0.2) is 0 Å². The van der Waals surface area contributed by atoms with Crippen LogP contribution in [0.1, 0.15) is 57.6 Å². The van der Waals surface area contributed by atoms with Gasteiger partial charge in [-0.3, -0.25) is 9.69 Å². The quantitative estimate of drug-likeness (QED) is 0.730. The van der Waals surface area contributed by atoms with Crippen molar-refractivity contribution in [1.29, 1.82) is 0 Å². The number of nitrogens with one attached hydrogen (secondary N) is 1. The van der Waals surface area contributed by atoms with Crippen LogP contribution in [-0.2, 0) is 17.6 Å². The molecule has 4 rings (SSSR count). The molecule has 2 N–H and O–H groups in total. The fourth-order valence-electron chi connectivity index (χ4n) is 5.22. The average Bonchev–Trinajstić information content (AvgIpc) is 3.41. The molecule has 1 aromatic heterocycles. The summed E-state index contributed by atoms with van der Waals surface area (Å²) in [5, 5.41) is 11.4. The Bertz CT molecular complexity index is 882. The molecule has 0 saturated carbocycles. The van der Waals surface area contributed by atoms with E-state index >= 15 is 0 Å². The molecule has 2 aromatic rings. The van der Waals surface area contributed by atoms with Crippen LogP contribution in [-0.4, -0.2) is 63.6 Å². The van der Waals surface area contributed by atoms with Gasteiger partial charge in [0.05, 0.1) is 5.60 Å². The van der Waals surface area contributed by atoms with E-state index in [1.165, 1.54) is 41.4 Å². The van der Waals surface area contributed by atoms with Crippen molar-refractivity contribution in [1.82, 2.24) is 14.8 Å². The van der Waals surface area contributed by atoms with E-state index in [4.69, 9.17) is 0 Å². The van der Waals surface area contributed by atoms with Gasteiger partial charge in [-0.2, -0.15) is 0 Å². The largest absolute Gasteiger partial charge is 0.390 e. The first-order valence-electron chi connectivity index (χ1n) is 11.6. The second kappa shape index (κ2) is 8.72. The standard InChI is InChI=1S/C25H37N3O2/c1-18(29)27-12-9-20(16-27)17-28-11-4-5-22(28)14-21-15-26-24-7-6-19(13-23(21)24)8-10-25(2,3)30/h6-7,13,15,20,22,26,30H,4-5,8-12,14,16-17H2,1-3H3/t20?,22-/m1/s1. The third-order valence-electron chi connectivity index (χ3n) is 7.04. The zero-order chi connectivity index (χ0) is 21.3. The predicted molar refractivity (Wildman–Crippen MR) is 122 cm³/mol. The third kappa shape index (κ3) is 5.06. The smallest absolute Gasteiger partial charge is 0.219 e. The highest BCUT2D eigenvalue weighted by atomic mass is 16.3. The highest BCUT2D eigenvalue weighted by Crippen LogP contribution is 2.29. The molecule has 0 spiro atoms. The van der Waals surface area contributed by atoms with Crippen molar-refractivity contribution in [3.63, 3.8) is 0 Å². The van der Waals surface area contributed by atoms with Gasteiger partial charge in [0.1, 0.15) is 0 Å².